The molecular weight excluding hydrogens is 353 g/mol. The van der Waals surface area contributed by atoms with E-state index in [1.165, 1.54) is 6.07 Å². The van der Waals surface area contributed by atoms with E-state index < -0.39 is 0 Å². The van der Waals surface area contributed by atoms with Gasteiger partial charge in [0.1, 0.15) is 5.82 Å². The van der Waals surface area contributed by atoms with Gasteiger partial charge in [-0.15, -0.1) is 0 Å². The third-order valence-electron chi connectivity index (χ3n) is 3.54. The molecule has 0 aliphatic heterocycles. The van der Waals surface area contributed by atoms with Crippen LogP contribution < -0.4 is 5.32 Å². The highest BCUT2D eigenvalue weighted by atomic mass is 79.9. The molecule has 0 radical (unpaired) electrons. The van der Waals surface area contributed by atoms with E-state index in [0.717, 1.165) is 27.7 Å². The molecule has 2 aromatic carbocycles. The summed E-state index contributed by atoms with van der Waals surface area (Å²) in [4.78, 5) is 0. The molecule has 4 heteroatoms. The molecule has 0 saturated heterocycles. The summed E-state index contributed by atoms with van der Waals surface area (Å²) in [7, 11) is 0. The van der Waals surface area contributed by atoms with Crippen LogP contribution in [-0.2, 0) is 6.42 Å². The quantitative estimate of drug-likeness (QED) is 0.738. The predicted octanol–water partition coefficient (Wildman–Crippen LogP) is 5.44. The average Bonchev–Trinajstić information content (AvgIpc) is 2.45. The zero-order chi connectivity index (χ0) is 15.4. The lowest BCUT2D eigenvalue weighted by atomic mass is 9.96. The molecule has 0 amide bonds. The Balaban J connectivity index is 2.35. The summed E-state index contributed by atoms with van der Waals surface area (Å²) in [6.45, 7) is 4.87. The van der Waals surface area contributed by atoms with Gasteiger partial charge in [-0.3, -0.25) is 0 Å². The van der Waals surface area contributed by atoms with Crippen LogP contribution in [-0.4, -0.2) is 6.54 Å². The van der Waals surface area contributed by atoms with Gasteiger partial charge in [0, 0.05) is 10.5 Å². The number of hydrogen-bond donors (Lipinski definition) is 1. The van der Waals surface area contributed by atoms with Crippen molar-refractivity contribution in [3.05, 3.63) is 68.4 Å². The van der Waals surface area contributed by atoms with E-state index in [1.54, 1.807) is 6.07 Å². The normalized spacial score (nSPS) is 12.4. The zero-order valence-corrected chi connectivity index (χ0v) is 14.4. The van der Waals surface area contributed by atoms with Crippen LogP contribution in [0.1, 0.15) is 29.7 Å². The molecule has 1 N–H and O–H groups in total. The van der Waals surface area contributed by atoms with E-state index in [0.29, 0.717) is 11.4 Å². The fourth-order valence-electron chi connectivity index (χ4n) is 2.41. The Hall–Kier alpha value is -0.900. The Bertz CT molecular complexity index is 630. The molecule has 1 nitrogen and oxygen atoms in total. The maximum atomic E-state index is 13.5. The largest absolute Gasteiger partial charge is 0.310 e. The molecule has 0 bridgehead atoms. The minimum absolute atomic E-state index is 0.0560. The number of hydrogen-bond acceptors (Lipinski definition) is 1. The van der Waals surface area contributed by atoms with Crippen molar-refractivity contribution in [3.8, 4) is 0 Å². The molecule has 0 aliphatic carbocycles. The summed E-state index contributed by atoms with van der Waals surface area (Å²) in [6.07, 6.45) is 0.702. The Labute approximate surface area is 138 Å². The van der Waals surface area contributed by atoms with Crippen LogP contribution in [0.5, 0.6) is 0 Å². The molecule has 0 aliphatic rings. The lowest BCUT2D eigenvalue weighted by Gasteiger charge is -2.21. The minimum atomic E-state index is -0.203. The first-order valence-corrected chi connectivity index (χ1v) is 8.12. The summed E-state index contributed by atoms with van der Waals surface area (Å²) in [5.74, 6) is -0.203. The van der Waals surface area contributed by atoms with Crippen LogP contribution in [0.15, 0.2) is 40.9 Å². The maximum Gasteiger partial charge on any atom is 0.123 e. The van der Waals surface area contributed by atoms with Gasteiger partial charge in [0.2, 0.25) is 0 Å². The average molecular weight is 371 g/mol. The standard InChI is InChI=1S/C17H18BrClFN/c1-3-21-16(14-5-4-6-15(18)17(14)19)10-12-9-13(20)8-7-11(12)2/h4-9,16,21H,3,10H2,1-2H3. The molecule has 0 saturated carbocycles. The summed E-state index contributed by atoms with van der Waals surface area (Å²) < 4.78 is 14.4. The van der Waals surface area contributed by atoms with Gasteiger partial charge in [-0.05, 0) is 70.7 Å². The molecule has 0 spiro atoms. The topological polar surface area (TPSA) is 12.0 Å². The second-order valence-corrected chi connectivity index (χ2v) is 6.26. The van der Waals surface area contributed by atoms with E-state index >= 15 is 0 Å². The number of rotatable bonds is 5. The van der Waals surface area contributed by atoms with Crippen LogP contribution in [0.4, 0.5) is 4.39 Å². The van der Waals surface area contributed by atoms with Crippen molar-refractivity contribution < 1.29 is 4.39 Å². The zero-order valence-electron chi connectivity index (χ0n) is 12.1. The van der Waals surface area contributed by atoms with E-state index in [9.17, 15) is 4.39 Å². The highest BCUT2D eigenvalue weighted by Crippen LogP contribution is 2.32. The van der Waals surface area contributed by atoms with Crippen molar-refractivity contribution >= 4 is 27.5 Å². The van der Waals surface area contributed by atoms with Gasteiger partial charge in [-0.25, -0.2) is 4.39 Å². The number of halogens is 3. The van der Waals surface area contributed by atoms with Crippen molar-refractivity contribution in [1.82, 2.24) is 5.32 Å². The molecule has 1 unspecified atom stereocenters. The van der Waals surface area contributed by atoms with Gasteiger partial charge in [0.15, 0.2) is 0 Å². The molecule has 2 aromatic rings. The second-order valence-electron chi connectivity index (χ2n) is 5.03. The van der Waals surface area contributed by atoms with Crippen molar-refractivity contribution in [3.63, 3.8) is 0 Å². The smallest absolute Gasteiger partial charge is 0.123 e. The Morgan fingerprint density at radius 3 is 2.76 bits per heavy atom. The van der Waals surface area contributed by atoms with Gasteiger partial charge in [-0.1, -0.05) is 36.7 Å². The molecule has 1 atom stereocenters. The monoisotopic (exact) mass is 369 g/mol. The highest BCUT2D eigenvalue weighted by molar-refractivity contribution is 9.10. The molecule has 0 fully saturated rings. The minimum Gasteiger partial charge on any atom is -0.310 e. The third kappa shape index (κ3) is 4.06. The van der Waals surface area contributed by atoms with E-state index in [1.807, 2.05) is 31.2 Å². The van der Waals surface area contributed by atoms with Crippen molar-refractivity contribution in [1.29, 1.82) is 0 Å². The Morgan fingerprint density at radius 2 is 2.05 bits per heavy atom. The molecular formula is C17H18BrClFN. The van der Waals surface area contributed by atoms with Crippen molar-refractivity contribution in [2.75, 3.05) is 6.54 Å². The fourth-order valence-corrected chi connectivity index (χ4v) is 3.05. The molecule has 2 rings (SSSR count). The van der Waals surface area contributed by atoms with Crippen LogP contribution in [0.3, 0.4) is 0 Å². The molecule has 112 valence electrons. The summed E-state index contributed by atoms with van der Waals surface area (Å²) in [6, 6.07) is 10.9. The number of benzene rings is 2. The van der Waals surface area contributed by atoms with Crippen LogP contribution >= 0.6 is 27.5 Å². The van der Waals surface area contributed by atoms with Gasteiger partial charge < -0.3 is 5.32 Å². The Morgan fingerprint density at radius 1 is 1.29 bits per heavy atom. The molecule has 21 heavy (non-hydrogen) atoms. The van der Waals surface area contributed by atoms with Gasteiger partial charge in [0.05, 0.1) is 5.02 Å². The number of likely N-dealkylation sites (N-methyl/N-ethyl adjacent to an activating group) is 1. The first kappa shape index (κ1) is 16.5. The van der Waals surface area contributed by atoms with Crippen LogP contribution in [0.25, 0.3) is 0 Å². The van der Waals surface area contributed by atoms with Crippen LogP contribution in [0, 0.1) is 12.7 Å². The van der Waals surface area contributed by atoms with Gasteiger partial charge in [-0.2, -0.15) is 0 Å². The fraction of sp³-hybridized carbons (Fsp3) is 0.294. The number of aryl methyl sites for hydroxylation is 1. The van der Waals surface area contributed by atoms with Crippen molar-refractivity contribution in [2.24, 2.45) is 0 Å². The summed E-state index contributed by atoms with van der Waals surface area (Å²) in [5, 5.41) is 4.14. The molecule has 0 aromatic heterocycles. The number of nitrogens with one attached hydrogen (secondary N) is 1. The van der Waals surface area contributed by atoms with E-state index in [2.05, 4.69) is 28.2 Å². The SMILES string of the molecule is CCNC(Cc1cc(F)ccc1C)c1cccc(Br)c1Cl. The maximum absolute atomic E-state index is 13.5. The lowest BCUT2D eigenvalue weighted by molar-refractivity contribution is 0.545. The summed E-state index contributed by atoms with van der Waals surface area (Å²) in [5.41, 5.74) is 3.11. The second kappa shape index (κ2) is 7.39. The van der Waals surface area contributed by atoms with Gasteiger partial charge >= 0.3 is 0 Å². The van der Waals surface area contributed by atoms with Crippen molar-refractivity contribution in [2.45, 2.75) is 26.3 Å². The first-order valence-electron chi connectivity index (χ1n) is 6.95. The predicted molar refractivity (Wildman–Crippen MR) is 90.4 cm³/mol. The molecule has 0 heterocycles. The van der Waals surface area contributed by atoms with E-state index in [4.69, 9.17) is 11.6 Å². The lowest BCUT2D eigenvalue weighted by Crippen LogP contribution is -2.23. The highest BCUT2D eigenvalue weighted by Gasteiger charge is 2.17. The van der Waals surface area contributed by atoms with Crippen LogP contribution in [0.2, 0.25) is 5.02 Å². The van der Waals surface area contributed by atoms with E-state index in [-0.39, 0.29) is 11.9 Å². The summed E-state index contributed by atoms with van der Waals surface area (Å²) >= 11 is 9.86. The first-order chi connectivity index (χ1) is 10.0. The third-order valence-corrected chi connectivity index (χ3v) is 4.85. The van der Waals surface area contributed by atoms with Gasteiger partial charge in [0.25, 0.3) is 0 Å². The Kier molecular flexibility index (Phi) is 5.80.